The third-order valence-corrected chi connectivity index (χ3v) is 3.24. The number of rotatable bonds is 1. The number of aromatic nitrogens is 3. The van der Waals surface area contributed by atoms with Crippen molar-refractivity contribution in [1.82, 2.24) is 14.6 Å². The van der Waals surface area contributed by atoms with Gasteiger partial charge in [0.25, 0.3) is 5.56 Å². The van der Waals surface area contributed by atoms with E-state index in [0.717, 1.165) is 13.1 Å². The molecule has 0 saturated carbocycles. The van der Waals surface area contributed by atoms with Gasteiger partial charge in [0.15, 0.2) is 5.65 Å². The predicted octanol–water partition coefficient (Wildman–Crippen LogP) is 0.0393. The first-order valence-electron chi connectivity index (χ1n) is 6.06. The van der Waals surface area contributed by atoms with E-state index in [1.165, 1.54) is 4.52 Å². The quantitative estimate of drug-likeness (QED) is 0.781. The number of nitrogens with zero attached hydrogens (tertiary/aromatic N) is 4. The zero-order valence-corrected chi connectivity index (χ0v) is 10.5. The van der Waals surface area contributed by atoms with E-state index in [0.29, 0.717) is 30.4 Å². The maximum atomic E-state index is 12.1. The molecule has 7 heteroatoms. The van der Waals surface area contributed by atoms with Crippen LogP contribution >= 0.6 is 0 Å². The second kappa shape index (κ2) is 4.40. The van der Waals surface area contributed by atoms with Crippen LogP contribution in [-0.2, 0) is 4.74 Å². The molecule has 0 atom stereocenters. The van der Waals surface area contributed by atoms with Gasteiger partial charge >= 0.3 is 0 Å². The summed E-state index contributed by atoms with van der Waals surface area (Å²) in [5.41, 5.74) is 0.967. The summed E-state index contributed by atoms with van der Waals surface area (Å²) in [6, 6.07) is 3.67. The van der Waals surface area contributed by atoms with Gasteiger partial charge in [0.05, 0.1) is 13.2 Å². The Bertz CT molecular complexity index is 718. The van der Waals surface area contributed by atoms with E-state index < -0.39 is 0 Å². The number of hydrogen-bond acceptors (Lipinski definition) is 5. The van der Waals surface area contributed by atoms with E-state index in [1.54, 1.807) is 13.0 Å². The molecule has 1 aliphatic rings. The van der Waals surface area contributed by atoms with Gasteiger partial charge in [0.1, 0.15) is 11.6 Å². The lowest BCUT2D eigenvalue weighted by atomic mass is 10.2. The van der Waals surface area contributed by atoms with E-state index >= 15 is 0 Å². The SMILES string of the molecule is Cc1cc2nc(N3CCOCC3)[nH]n2c(=O)c1C#N. The van der Waals surface area contributed by atoms with Crippen molar-refractivity contribution < 1.29 is 4.74 Å². The van der Waals surface area contributed by atoms with Crippen LogP contribution in [0.15, 0.2) is 10.9 Å². The molecule has 0 aromatic carbocycles. The van der Waals surface area contributed by atoms with Gasteiger partial charge in [-0.05, 0) is 18.6 Å². The van der Waals surface area contributed by atoms with Crippen LogP contribution in [0.2, 0.25) is 0 Å². The fourth-order valence-corrected chi connectivity index (χ4v) is 2.19. The van der Waals surface area contributed by atoms with Gasteiger partial charge in [-0.15, -0.1) is 0 Å². The van der Waals surface area contributed by atoms with E-state index in [2.05, 4.69) is 10.1 Å². The van der Waals surface area contributed by atoms with Crippen LogP contribution < -0.4 is 10.5 Å². The summed E-state index contributed by atoms with van der Waals surface area (Å²) in [7, 11) is 0. The summed E-state index contributed by atoms with van der Waals surface area (Å²) in [6.07, 6.45) is 0. The molecule has 0 radical (unpaired) electrons. The molecule has 3 heterocycles. The minimum absolute atomic E-state index is 0.148. The highest BCUT2D eigenvalue weighted by Gasteiger charge is 2.17. The zero-order valence-electron chi connectivity index (χ0n) is 10.5. The van der Waals surface area contributed by atoms with Gasteiger partial charge in [-0.25, -0.2) is 0 Å². The number of anilines is 1. The van der Waals surface area contributed by atoms with Crippen molar-refractivity contribution in [3.05, 3.63) is 27.5 Å². The summed E-state index contributed by atoms with van der Waals surface area (Å²) >= 11 is 0. The highest BCUT2D eigenvalue weighted by molar-refractivity contribution is 5.50. The highest BCUT2D eigenvalue weighted by atomic mass is 16.5. The predicted molar refractivity (Wildman–Crippen MR) is 68.3 cm³/mol. The molecule has 1 saturated heterocycles. The van der Waals surface area contributed by atoms with E-state index in [-0.39, 0.29) is 11.1 Å². The molecule has 2 aromatic heterocycles. The number of morpholine rings is 1. The third kappa shape index (κ3) is 1.86. The van der Waals surface area contributed by atoms with Crippen molar-refractivity contribution in [3.8, 4) is 6.07 Å². The molecule has 0 bridgehead atoms. The Hall–Kier alpha value is -2.33. The number of nitriles is 1. The molecule has 0 unspecified atom stereocenters. The molecule has 1 N–H and O–H groups in total. The lowest BCUT2D eigenvalue weighted by molar-refractivity contribution is 0.122. The smallest absolute Gasteiger partial charge is 0.289 e. The molecule has 1 aliphatic heterocycles. The van der Waals surface area contributed by atoms with Crippen LogP contribution in [-0.4, -0.2) is 40.9 Å². The van der Waals surface area contributed by atoms with Crippen molar-refractivity contribution in [2.75, 3.05) is 31.2 Å². The van der Waals surface area contributed by atoms with E-state index in [9.17, 15) is 4.79 Å². The monoisotopic (exact) mass is 259 g/mol. The molecule has 0 aliphatic carbocycles. The summed E-state index contributed by atoms with van der Waals surface area (Å²) in [5, 5.41) is 11.9. The molecular formula is C12H13N5O2. The van der Waals surface area contributed by atoms with Crippen LogP contribution in [0.3, 0.4) is 0 Å². The second-order valence-electron chi connectivity index (χ2n) is 4.46. The number of H-pyrrole nitrogens is 1. The number of pyridine rings is 1. The molecule has 0 amide bonds. The van der Waals surface area contributed by atoms with E-state index in [1.807, 2.05) is 11.0 Å². The lowest BCUT2D eigenvalue weighted by Gasteiger charge is -2.25. The summed E-state index contributed by atoms with van der Waals surface area (Å²) < 4.78 is 6.60. The molecule has 3 rings (SSSR count). The van der Waals surface area contributed by atoms with Crippen molar-refractivity contribution >= 4 is 11.6 Å². The van der Waals surface area contributed by atoms with Crippen LogP contribution in [0.5, 0.6) is 0 Å². The average Bonchev–Trinajstić information content (AvgIpc) is 2.84. The van der Waals surface area contributed by atoms with Gasteiger partial charge in [-0.2, -0.15) is 14.8 Å². The molecule has 98 valence electrons. The zero-order chi connectivity index (χ0) is 13.4. The Labute approximate surface area is 109 Å². The molecule has 7 nitrogen and oxygen atoms in total. The molecule has 2 aromatic rings. The first-order valence-corrected chi connectivity index (χ1v) is 6.06. The standard InChI is InChI=1S/C12H13N5O2/c1-8-6-10-14-12(16-2-4-19-5-3-16)15-17(10)11(18)9(8)7-13/h6H,2-5H2,1H3,(H,14,15). The van der Waals surface area contributed by atoms with Gasteiger partial charge in [-0.3, -0.25) is 9.89 Å². The Morgan fingerprint density at radius 3 is 2.89 bits per heavy atom. The first-order chi connectivity index (χ1) is 9.20. The maximum Gasteiger partial charge on any atom is 0.289 e. The third-order valence-electron chi connectivity index (χ3n) is 3.24. The van der Waals surface area contributed by atoms with Gasteiger partial charge in [0.2, 0.25) is 5.95 Å². The number of nitrogens with one attached hydrogen (secondary N) is 1. The number of fused-ring (bicyclic) bond motifs is 1. The normalized spacial score (nSPS) is 15.7. The summed E-state index contributed by atoms with van der Waals surface area (Å²) in [6.45, 7) is 4.50. The van der Waals surface area contributed by atoms with Crippen molar-refractivity contribution in [3.63, 3.8) is 0 Å². The van der Waals surface area contributed by atoms with E-state index in [4.69, 9.17) is 10.00 Å². The minimum atomic E-state index is -0.357. The maximum absolute atomic E-state index is 12.1. The minimum Gasteiger partial charge on any atom is -0.378 e. The molecule has 1 fully saturated rings. The van der Waals surface area contributed by atoms with Crippen molar-refractivity contribution in [2.24, 2.45) is 0 Å². The molecular weight excluding hydrogens is 246 g/mol. The Balaban J connectivity index is 2.13. The fourth-order valence-electron chi connectivity index (χ4n) is 2.19. The topological polar surface area (TPSA) is 86.4 Å². The van der Waals surface area contributed by atoms with Crippen LogP contribution in [0.1, 0.15) is 11.1 Å². The number of hydrogen-bond donors (Lipinski definition) is 1. The Morgan fingerprint density at radius 1 is 1.47 bits per heavy atom. The van der Waals surface area contributed by atoms with Gasteiger partial charge in [-0.1, -0.05) is 0 Å². The Morgan fingerprint density at radius 2 is 2.21 bits per heavy atom. The van der Waals surface area contributed by atoms with Gasteiger partial charge in [0, 0.05) is 13.1 Å². The fraction of sp³-hybridized carbons (Fsp3) is 0.417. The van der Waals surface area contributed by atoms with Crippen molar-refractivity contribution in [1.29, 1.82) is 5.26 Å². The molecule has 19 heavy (non-hydrogen) atoms. The summed E-state index contributed by atoms with van der Waals surface area (Å²) in [5.74, 6) is 0.634. The first kappa shape index (κ1) is 11.7. The number of ether oxygens (including phenoxy) is 1. The lowest BCUT2D eigenvalue weighted by Crippen LogP contribution is -2.37. The van der Waals surface area contributed by atoms with Crippen LogP contribution in [0.25, 0.3) is 5.65 Å². The highest BCUT2D eigenvalue weighted by Crippen LogP contribution is 2.13. The molecule has 0 spiro atoms. The van der Waals surface area contributed by atoms with Crippen LogP contribution in [0.4, 0.5) is 5.95 Å². The number of aryl methyl sites for hydroxylation is 1. The number of aromatic amines is 1. The van der Waals surface area contributed by atoms with Crippen molar-refractivity contribution in [2.45, 2.75) is 6.92 Å². The average molecular weight is 259 g/mol. The van der Waals surface area contributed by atoms with Crippen LogP contribution in [0, 0.1) is 18.3 Å². The Kier molecular flexibility index (Phi) is 2.72. The second-order valence-corrected chi connectivity index (χ2v) is 4.46. The summed E-state index contributed by atoms with van der Waals surface area (Å²) in [4.78, 5) is 18.5. The van der Waals surface area contributed by atoms with Gasteiger partial charge < -0.3 is 9.64 Å². The largest absolute Gasteiger partial charge is 0.378 e.